The second kappa shape index (κ2) is 7.25. The van der Waals surface area contributed by atoms with Gasteiger partial charge in [0.05, 0.1) is 17.7 Å². The van der Waals surface area contributed by atoms with Crippen molar-refractivity contribution in [2.75, 3.05) is 13.2 Å². The molecule has 5 heteroatoms. The number of benzene rings is 1. The van der Waals surface area contributed by atoms with E-state index in [2.05, 4.69) is 28.3 Å². The Bertz CT molecular complexity index is 336. The average molecular weight is 308 g/mol. The maximum absolute atomic E-state index is 6.18. The first-order valence-corrected chi connectivity index (χ1v) is 6.35. The van der Waals surface area contributed by atoms with Crippen molar-refractivity contribution in [3.8, 4) is 0 Å². The van der Waals surface area contributed by atoms with E-state index in [1.54, 1.807) is 0 Å². The zero-order chi connectivity index (χ0) is 12.0. The Kier molecular flexibility index (Phi) is 6.31. The molecule has 3 nitrogen and oxygen atoms in total. The van der Waals surface area contributed by atoms with E-state index >= 15 is 0 Å². The van der Waals surface area contributed by atoms with Crippen molar-refractivity contribution >= 4 is 27.5 Å². The molecule has 0 aliphatic rings. The molecule has 0 aliphatic carbocycles. The van der Waals surface area contributed by atoms with Crippen LogP contribution in [-0.4, -0.2) is 13.2 Å². The van der Waals surface area contributed by atoms with Crippen molar-refractivity contribution in [2.24, 2.45) is 5.84 Å². The van der Waals surface area contributed by atoms with Gasteiger partial charge in [0.25, 0.3) is 0 Å². The van der Waals surface area contributed by atoms with Gasteiger partial charge in [-0.2, -0.15) is 0 Å². The van der Waals surface area contributed by atoms with Gasteiger partial charge in [0.15, 0.2) is 0 Å². The van der Waals surface area contributed by atoms with Crippen molar-refractivity contribution in [3.63, 3.8) is 0 Å². The van der Waals surface area contributed by atoms with Crippen molar-refractivity contribution < 1.29 is 4.74 Å². The predicted molar refractivity (Wildman–Crippen MR) is 70.3 cm³/mol. The molecule has 0 spiro atoms. The summed E-state index contributed by atoms with van der Waals surface area (Å²) in [7, 11) is 0. The molecule has 1 aromatic rings. The SMILES string of the molecule is CCCOCC(NN)c1cccc(Br)c1Cl. The van der Waals surface area contributed by atoms with Crippen LogP contribution in [0.5, 0.6) is 0 Å². The maximum atomic E-state index is 6.18. The molecule has 90 valence electrons. The molecule has 1 atom stereocenters. The van der Waals surface area contributed by atoms with Gasteiger partial charge in [-0.25, -0.2) is 0 Å². The molecule has 0 bridgehead atoms. The molecule has 0 saturated heterocycles. The van der Waals surface area contributed by atoms with Crippen LogP contribution in [0, 0.1) is 0 Å². The van der Waals surface area contributed by atoms with Gasteiger partial charge in [0.1, 0.15) is 0 Å². The number of halogens is 2. The first-order valence-electron chi connectivity index (χ1n) is 5.18. The van der Waals surface area contributed by atoms with Gasteiger partial charge in [0, 0.05) is 11.1 Å². The summed E-state index contributed by atoms with van der Waals surface area (Å²) in [4.78, 5) is 0. The highest BCUT2D eigenvalue weighted by Gasteiger charge is 2.14. The van der Waals surface area contributed by atoms with Gasteiger partial charge in [0.2, 0.25) is 0 Å². The number of hydrogen-bond acceptors (Lipinski definition) is 3. The van der Waals surface area contributed by atoms with Crippen molar-refractivity contribution in [2.45, 2.75) is 19.4 Å². The fourth-order valence-corrected chi connectivity index (χ4v) is 2.00. The molecule has 3 N–H and O–H groups in total. The largest absolute Gasteiger partial charge is 0.379 e. The minimum Gasteiger partial charge on any atom is -0.379 e. The smallest absolute Gasteiger partial charge is 0.0708 e. The normalized spacial score (nSPS) is 12.8. The zero-order valence-electron chi connectivity index (χ0n) is 9.17. The molecule has 1 aromatic carbocycles. The van der Waals surface area contributed by atoms with E-state index in [0.29, 0.717) is 11.6 Å². The van der Waals surface area contributed by atoms with Gasteiger partial charge in [-0.1, -0.05) is 30.7 Å². The highest BCUT2D eigenvalue weighted by molar-refractivity contribution is 9.10. The standard InChI is InChI=1S/C11H16BrClN2O/c1-2-6-16-7-10(15-14)8-4-3-5-9(12)11(8)13/h3-5,10,15H,2,6-7,14H2,1H3. The van der Waals surface area contributed by atoms with E-state index in [0.717, 1.165) is 23.1 Å². The predicted octanol–water partition coefficient (Wildman–Crippen LogP) is 3.03. The molecule has 0 aromatic heterocycles. The van der Waals surface area contributed by atoms with Gasteiger partial charge < -0.3 is 4.74 Å². The monoisotopic (exact) mass is 306 g/mol. The lowest BCUT2D eigenvalue weighted by Crippen LogP contribution is -2.31. The van der Waals surface area contributed by atoms with Crippen LogP contribution in [0.1, 0.15) is 24.9 Å². The highest BCUT2D eigenvalue weighted by atomic mass is 79.9. The van der Waals surface area contributed by atoms with E-state index in [9.17, 15) is 0 Å². The van der Waals surface area contributed by atoms with Gasteiger partial charge in [-0.3, -0.25) is 11.3 Å². The first-order chi connectivity index (χ1) is 7.70. The summed E-state index contributed by atoms with van der Waals surface area (Å²) in [6.45, 7) is 3.31. The summed E-state index contributed by atoms with van der Waals surface area (Å²) >= 11 is 9.57. The quantitative estimate of drug-likeness (QED) is 0.482. The van der Waals surface area contributed by atoms with Crippen molar-refractivity contribution in [3.05, 3.63) is 33.3 Å². The number of rotatable bonds is 6. The summed E-state index contributed by atoms with van der Waals surface area (Å²) in [5, 5.41) is 0.672. The second-order valence-electron chi connectivity index (χ2n) is 3.44. The molecule has 0 aliphatic heterocycles. The average Bonchev–Trinajstić information content (AvgIpc) is 2.29. The molecule has 0 fully saturated rings. The van der Waals surface area contributed by atoms with E-state index in [1.807, 2.05) is 18.2 Å². The van der Waals surface area contributed by atoms with Crippen LogP contribution in [0.15, 0.2) is 22.7 Å². The summed E-state index contributed by atoms with van der Waals surface area (Å²) in [6.07, 6.45) is 0.990. The van der Waals surface area contributed by atoms with Crippen LogP contribution in [0.3, 0.4) is 0 Å². The van der Waals surface area contributed by atoms with E-state index in [1.165, 1.54) is 0 Å². The highest BCUT2D eigenvalue weighted by Crippen LogP contribution is 2.30. The van der Waals surface area contributed by atoms with E-state index in [4.69, 9.17) is 22.2 Å². The first kappa shape index (κ1) is 13.9. The van der Waals surface area contributed by atoms with Crippen LogP contribution >= 0.6 is 27.5 Å². The zero-order valence-corrected chi connectivity index (χ0v) is 11.5. The summed E-state index contributed by atoms with van der Waals surface area (Å²) in [5.41, 5.74) is 3.65. The molecular formula is C11H16BrClN2O. The maximum Gasteiger partial charge on any atom is 0.0708 e. The van der Waals surface area contributed by atoms with Gasteiger partial charge in [-0.15, -0.1) is 0 Å². The molecule has 0 radical (unpaired) electrons. The summed E-state index contributed by atoms with van der Waals surface area (Å²) < 4.78 is 6.33. The number of nitrogens with one attached hydrogen (secondary N) is 1. The molecule has 0 saturated carbocycles. The van der Waals surface area contributed by atoms with Crippen molar-refractivity contribution in [1.82, 2.24) is 5.43 Å². The van der Waals surface area contributed by atoms with Crippen LogP contribution < -0.4 is 11.3 Å². The third kappa shape index (κ3) is 3.71. The Morgan fingerprint density at radius 3 is 2.94 bits per heavy atom. The summed E-state index contributed by atoms with van der Waals surface area (Å²) in [5.74, 6) is 5.50. The number of hydrogen-bond donors (Lipinski definition) is 2. The Balaban J connectivity index is 2.74. The van der Waals surface area contributed by atoms with Crippen LogP contribution in [0.25, 0.3) is 0 Å². The molecular weight excluding hydrogens is 291 g/mol. The fourth-order valence-electron chi connectivity index (χ4n) is 1.36. The minimum absolute atomic E-state index is 0.0865. The lowest BCUT2D eigenvalue weighted by Gasteiger charge is -2.18. The Labute approximate surface area is 109 Å². The lowest BCUT2D eigenvalue weighted by atomic mass is 10.1. The van der Waals surface area contributed by atoms with E-state index in [-0.39, 0.29) is 6.04 Å². The molecule has 0 heterocycles. The minimum atomic E-state index is -0.0865. The molecule has 1 rings (SSSR count). The van der Waals surface area contributed by atoms with Gasteiger partial charge in [-0.05, 0) is 34.0 Å². The fraction of sp³-hybridized carbons (Fsp3) is 0.455. The molecule has 0 amide bonds. The van der Waals surface area contributed by atoms with Crippen molar-refractivity contribution in [1.29, 1.82) is 0 Å². The van der Waals surface area contributed by atoms with Crippen LogP contribution in [-0.2, 0) is 4.74 Å². The van der Waals surface area contributed by atoms with Gasteiger partial charge >= 0.3 is 0 Å². The van der Waals surface area contributed by atoms with E-state index < -0.39 is 0 Å². The number of nitrogens with two attached hydrogens (primary N) is 1. The molecule has 16 heavy (non-hydrogen) atoms. The Hall–Kier alpha value is -0.130. The van der Waals surface area contributed by atoms with Crippen LogP contribution in [0.4, 0.5) is 0 Å². The Morgan fingerprint density at radius 2 is 2.31 bits per heavy atom. The number of ether oxygens (including phenoxy) is 1. The Morgan fingerprint density at radius 1 is 1.56 bits per heavy atom. The lowest BCUT2D eigenvalue weighted by molar-refractivity contribution is 0.112. The third-order valence-corrected chi connectivity index (χ3v) is 3.50. The second-order valence-corrected chi connectivity index (χ2v) is 4.67. The van der Waals surface area contributed by atoms with Crippen LogP contribution in [0.2, 0.25) is 5.02 Å². The summed E-state index contributed by atoms with van der Waals surface area (Å²) in [6, 6.07) is 5.67. The third-order valence-electron chi connectivity index (χ3n) is 2.19. The topological polar surface area (TPSA) is 47.3 Å². The molecule has 1 unspecified atom stereocenters. The number of hydrazine groups is 1.